The van der Waals surface area contributed by atoms with Crippen molar-refractivity contribution >= 4 is 5.97 Å². The summed E-state index contributed by atoms with van der Waals surface area (Å²) in [6.07, 6.45) is 18.4. The summed E-state index contributed by atoms with van der Waals surface area (Å²) in [5.41, 5.74) is 0. The van der Waals surface area contributed by atoms with Crippen molar-refractivity contribution in [1.82, 2.24) is 0 Å². The van der Waals surface area contributed by atoms with Gasteiger partial charge >= 0.3 is 5.97 Å². The third kappa shape index (κ3) is 8.48. The van der Waals surface area contributed by atoms with Crippen molar-refractivity contribution in [3.8, 4) is 0 Å². The first-order chi connectivity index (χ1) is 10.3. The van der Waals surface area contributed by atoms with E-state index in [9.17, 15) is 4.79 Å². The van der Waals surface area contributed by atoms with Crippen molar-refractivity contribution in [2.24, 2.45) is 11.8 Å². The number of hydrogen-bond acceptors (Lipinski definition) is 2. The van der Waals surface area contributed by atoms with Crippen LogP contribution in [0.1, 0.15) is 96.8 Å². The molecule has 1 aliphatic carbocycles. The SMILES string of the molecule is CCCCCCC1CCCC1CCCCCCC(=O)OC. The summed E-state index contributed by atoms with van der Waals surface area (Å²) in [6, 6.07) is 0. The van der Waals surface area contributed by atoms with E-state index in [1.807, 2.05) is 0 Å². The zero-order valence-electron chi connectivity index (χ0n) is 14.4. The molecule has 0 amide bonds. The number of hydrogen-bond donors (Lipinski definition) is 0. The van der Waals surface area contributed by atoms with Crippen LogP contribution in [0.3, 0.4) is 0 Å². The Morgan fingerprint density at radius 2 is 1.48 bits per heavy atom. The zero-order chi connectivity index (χ0) is 15.3. The Morgan fingerprint density at radius 1 is 0.905 bits per heavy atom. The smallest absolute Gasteiger partial charge is 0.305 e. The number of rotatable bonds is 12. The first-order valence-corrected chi connectivity index (χ1v) is 9.34. The standard InChI is InChI=1S/C19H36O2/c1-3-4-5-8-12-17-14-11-15-18(17)13-9-6-7-10-16-19(20)21-2/h17-18H,3-16H2,1-2H3. The molecule has 0 saturated heterocycles. The van der Waals surface area contributed by atoms with Crippen LogP contribution in [0.15, 0.2) is 0 Å². The molecule has 0 heterocycles. The number of carbonyl (C=O) groups excluding carboxylic acids is 1. The quantitative estimate of drug-likeness (QED) is 0.332. The summed E-state index contributed by atoms with van der Waals surface area (Å²) in [5.74, 6) is 1.97. The summed E-state index contributed by atoms with van der Waals surface area (Å²) < 4.78 is 4.67. The monoisotopic (exact) mass is 296 g/mol. The average molecular weight is 296 g/mol. The van der Waals surface area contributed by atoms with Gasteiger partial charge in [-0.2, -0.15) is 0 Å². The highest BCUT2D eigenvalue weighted by molar-refractivity contribution is 5.68. The number of methoxy groups -OCH3 is 1. The van der Waals surface area contributed by atoms with Gasteiger partial charge in [-0.3, -0.25) is 4.79 Å². The van der Waals surface area contributed by atoms with Crippen LogP contribution in [0.5, 0.6) is 0 Å². The van der Waals surface area contributed by atoms with Crippen molar-refractivity contribution in [2.45, 2.75) is 96.8 Å². The fourth-order valence-corrected chi connectivity index (χ4v) is 3.84. The highest BCUT2D eigenvalue weighted by Crippen LogP contribution is 2.38. The van der Waals surface area contributed by atoms with E-state index in [0.717, 1.165) is 18.3 Å². The van der Waals surface area contributed by atoms with E-state index in [-0.39, 0.29) is 5.97 Å². The van der Waals surface area contributed by atoms with Gasteiger partial charge in [-0.15, -0.1) is 0 Å². The molecule has 0 aromatic heterocycles. The Kier molecular flexibility index (Phi) is 10.6. The molecule has 0 N–H and O–H groups in total. The second kappa shape index (κ2) is 12.1. The topological polar surface area (TPSA) is 26.3 Å². The highest BCUT2D eigenvalue weighted by Gasteiger charge is 2.25. The van der Waals surface area contributed by atoms with E-state index >= 15 is 0 Å². The number of unbranched alkanes of at least 4 members (excludes halogenated alkanes) is 6. The molecule has 1 aliphatic rings. The van der Waals surface area contributed by atoms with Gasteiger partial charge in [-0.05, 0) is 18.3 Å². The zero-order valence-corrected chi connectivity index (χ0v) is 14.4. The van der Waals surface area contributed by atoms with E-state index in [1.165, 1.54) is 84.2 Å². The van der Waals surface area contributed by atoms with Gasteiger partial charge in [0.25, 0.3) is 0 Å². The molecule has 21 heavy (non-hydrogen) atoms. The largest absolute Gasteiger partial charge is 0.469 e. The molecule has 0 aliphatic heterocycles. The summed E-state index contributed by atoms with van der Waals surface area (Å²) >= 11 is 0. The van der Waals surface area contributed by atoms with Crippen LogP contribution in [0.4, 0.5) is 0 Å². The van der Waals surface area contributed by atoms with Crippen LogP contribution in [0.2, 0.25) is 0 Å². The fourth-order valence-electron chi connectivity index (χ4n) is 3.84. The Morgan fingerprint density at radius 3 is 2.05 bits per heavy atom. The van der Waals surface area contributed by atoms with Gasteiger partial charge in [0.05, 0.1) is 7.11 Å². The molecule has 124 valence electrons. The summed E-state index contributed by atoms with van der Waals surface area (Å²) in [5, 5.41) is 0. The normalized spacial score (nSPS) is 21.6. The second-order valence-electron chi connectivity index (χ2n) is 6.83. The highest BCUT2D eigenvalue weighted by atomic mass is 16.5. The molecule has 0 spiro atoms. The van der Waals surface area contributed by atoms with E-state index < -0.39 is 0 Å². The third-order valence-electron chi connectivity index (χ3n) is 5.18. The van der Waals surface area contributed by atoms with Gasteiger partial charge in [0.15, 0.2) is 0 Å². The lowest BCUT2D eigenvalue weighted by molar-refractivity contribution is -0.140. The molecule has 1 rings (SSSR count). The summed E-state index contributed by atoms with van der Waals surface area (Å²) in [6.45, 7) is 2.29. The van der Waals surface area contributed by atoms with Crippen LogP contribution >= 0.6 is 0 Å². The molecule has 2 unspecified atom stereocenters. The minimum atomic E-state index is -0.0575. The van der Waals surface area contributed by atoms with Crippen molar-refractivity contribution < 1.29 is 9.53 Å². The predicted octanol–water partition coefficient (Wildman–Crippen LogP) is 5.89. The fraction of sp³-hybridized carbons (Fsp3) is 0.947. The maximum Gasteiger partial charge on any atom is 0.305 e. The lowest BCUT2D eigenvalue weighted by Gasteiger charge is -2.19. The second-order valence-corrected chi connectivity index (χ2v) is 6.83. The lowest BCUT2D eigenvalue weighted by Crippen LogP contribution is -2.08. The van der Waals surface area contributed by atoms with E-state index in [2.05, 4.69) is 11.7 Å². The number of esters is 1. The molecular formula is C19H36O2. The average Bonchev–Trinajstić information content (AvgIpc) is 2.94. The van der Waals surface area contributed by atoms with Gasteiger partial charge in [0, 0.05) is 6.42 Å². The summed E-state index contributed by atoms with van der Waals surface area (Å²) in [4.78, 5) is 11.0. The Labute approximate surface area is 132 Å². The van der Waals surface area contributed by atoms with Gasteiger partial charge < -0.3 is 4.74 Å². The van der Waals surface area contributed by atoms with Crippen molar-refractivity contribution in [1.29, 1.82) is 0 Å². The Balaban J connectivity index is 2.01. The minimum Gasteiger partial charge on any atom is -0.469 e. The van der Waals surface area contributed by atoms with Crippen molar-refractivity contribution in [3.05, 3.63) is 0 Å². The van der Waals surface area contributed by atoms with Gasteiger partial charge in [0.2, 0.25) is 0 Å². The van der Waals surface area contributed by atoms with Crippen LogP contribution in [-0.4, -0.2) is 13.1 Å². The molecule has 2 nitrogen and oxygen atoms in total. The van der Waals surface area contributed by atoms with E-state index in [0.29, 0.717) is 6.42 Å². The minimum absolute atomic E-state index is 0.0575. The van der Waals surface area contributed by atoms with Gasteiger partial charge in [-0.1, -0.05) is 84.0 Å². The van der Waals surface area contributed by atoms with E-state index in [4.69, 9.17) is 0 Å². The molecule has 0 aromatic carbocycles. The van der Waals surface area contributed by atoms with E-state index in [1.54, 1.807) is 0 Å². The Hall–Kier alpha value is -0.530. The molecule has 0 bridgehead atoms. The van der Waals surface area contributed by atoms with Crippen LogP contribution in [0.25, 0.3) is 0 Å². The third-order valence-corrected chi connectivity index (χ3v) is 5.18. The maximum absolute atomic E-state index is 11.0. The molecule has 0 aromatic rings. The number of ether oxygens (including phenoxy) is 1. The van der Waals surface area contributed by atoms with Crippen LogP contribution in [0, 0.1) is 11.8 Å². The molecule has 1 saturated carbocycles. The lowest BCUT2D eigenvalue weighted by atomic mass is 9.87. The van der Waals surface area contributed by atoms with Crippen LogP contribution in [-0.2, 0) is 9.53 Å². The molecule has 1 fully saturated rings. The summed E-state index contributed by atoms with van der Waals surface area (Å²) in [7, 11) is 1.48. The van der Waals surface area contributed by atoms with Crippen LogP contribution < -0.4 is 0 Å². The first kappa shape index (κ1) is 18.5. The number of carbonyl (C=O) groups is 1. The van der Waals surface area contributed by atoms with Gasteiger partial charge in [-0.25, -0.2) is 0 Å². The molecule has 0 radical (unpaired) electrons. The molecular weight excluding hydrogens is 260 g/mol. The predicted molar refractivity (Wildman–Crippen MR) is 89.3 cm³/mol. The first-order valence-electron chi connectivity index (χ1n) is 9.34. The molecule has 2 heteroatoms. The maximum atomic E-state index is 11.0. The molecule has 2 atom stereocenters. The van der Waals surface area contributed by atoms with Crippen molar-refractivity contribution in [3.63, 3.8) is 0 Å². The van der Waals surface area contributed by atoms with Crippen molar-refractivity contribution in [2.75, 3.05) is 7.11 Å². The van der Waals surface area contributed by atoms with Gasteiger partial charge in [0.1, 0.15) is 0 Å². The Bertz CT molecular complexity index is 262.